The lowest BCUT2D eigenvalue weighted by Gasteiger charge is -1.98. The highest BCUT2D eigenvalue weighted by Crippen LogP contribution is 1.84. The van der Waals surface area contributed by atoms with Crippen LogP contribution in [-0.2, 0) is 0 Å². The maximum atomic E-state index is 9.01. The van der Waals surface area contributed by atoms with Crippen molar-refractivity contribution in [2.45, 2.75) is 6.23 Å². The van der Waals surface area contributed by atoms with Crippen molar-refractivity contribution >= 4 is 0 Å². The van der Waals surface area contributed by atoms with Gasteiger partial charge in [-0.05, 0) is 0 Å². The number of aliphatic hydroxyl groups is 2. The molecule has 0 bridgehead atoms. The third kappa shape index (κ3) is 1.49. The first-order valence-electron chi connectivity index (χ1n) is 2.94. The van der Waals surface area contributed by atoms with Gasteiger partial charge in [0.05, 0.1) is 12.4 Å². The van der Waals surface area contributed by atoms with Crippen LogP contribution in [0.4, 0.5) is 0 Å². The summed E-state index contributed by atoms with van der Waals surface area (Å²) in [4.78, 5) is 3.75. The molecule has 0 fully saturated rings. The third-order valence-corrected chi connectivity index (χ3v) is 1.16. The predicted octanol–water partition coefficient (Wildman–Crippen LogP) is -1.15. The van der Waals surface area contributed by atoms with Crippen molar-refractivity contribution < 1.29 is 14.8 Å². The van der Waals surface area contributed by atoms with Crippen LogP contribution in [0.3, 0.4) is 0 Å². The number of hydrogen-bond donors (Lipinski definition) is 2. The molecule has 0 aliphatic heterocycles. The Balaban J connectivity index is 2.75. The van der Waals surface area contributed by atoms with Crippen LogP contribution >= 0.6 is 0 Å². The lowest BCUT2D eigenvalue weighted by molar-refractivity contribution is -0.761. The fraction of sp³-hybridized carbons (Fsp3) is 0.333. The molecule has 0 aliphatic carbocycles. The number of aromatic nitrogens is 2. The van der Waals surface area contributed by atoms with Gasteiger partial charge in [-0.15, -0.1) is 0 Å². The average molecular weight is 141 g/mol. The van der Waals surface area contributed by atoms with Gasteiger partial charge >= 0.3 is 0 Å². The number of aliphatic hydroxyl groups excluding tert-OH is 2. The number of nitrogens with zero attached hydrogens (tertiary/aromatic N) is 2. The van der Waals surface area contributed by atoms with Gasteiger partial charge < -0.3 is 10.2 Å². The fourth-order valence-electron chi connectivity index (χ4n) is 0.623. The Morgan fingerprint density at radius 3 is 2.50 bits per heavy atom. The average Bonchev–Trinajstić information content (AvgIpc) is 2.05. The first-order valence-corrected chi connectivity index (χ1v) is 2.94. The highest BCUT2D eigenvalue weighted by atomic mass is 16.3. The summed E-state index contributed by atoms with van der Waals surface area (Å²) in [5.74, 6) is 0. The van der Waals surface area contributed by atoms with Crippen molar-refractivity contribution in [3.63, 3.8) is 0 Å². The maximum absolute atomic E-state index is 9.01. The van der Waals surface area contributed by atoms with Crippen LogP contribution in [0.5, 0.6) is 0 Å². The summed E-state index contributed by atoms with van der Waals surface area (Å²) in [5.41, 5.74) is 0. The molecule has 0 spiro atoms. The van der Waals surface area contributed by atoms with Crippen LogP contribution < -0.4 is 4.57 Å². The Hall–Kier alpha value is -1.00. The zero-order valence-corrected chi connectivity index (χ0v) is 5.38. The first-order chi connectivity index (χ1) is 4.84. The molecule has 0 radical (unpaired) electrons. The Labute approximate surface area is 58.4 Å². The van der Waals surface area contributed by atoms with Crippen molar-refractivity contribution in [1.29, 1.82) is 0 Å². The molecule has 0 aromatic carbocycles. The van der Waals surface area contributed by atoms with Gasteiger partial charge in [0.25, 0.3) is 6.23 Å². The summed E-state index contributed by atoms with van der Waals surface area (Å²) in [5, 5.41) is 17.5. The molecule has 2 N–H and O–H groups in total. The van der Waals surface area contributed by atoms with Gasteiger partial charge in [-0.1, -0.05) is 0 Å². The van der Waals surface area contributed by atoms with Crippen molar-refractivity contribution in [3.8, 4) is 0 Å². The lowest BCUT2D eigenvalue weighted by atomic mass is 10.5. The highest BCUT2D eigenvalue weighted by Gasteiger charge is 2.09. The normalized spacial score (nSPS) is 13.0. The minimum Gasteiger partial charge on any atom is -0.387 e. The molecule has 1 aromatic heterocycles. The molecule has 1 aromatic rings. The molecule has 1 unspecified atom stereocenters. The van der Waals surface area contributed by atoms with Crippen LogP contribution in [0.15, 0.2) is 24.8 Å². The van der Waals surface area contributed by atoms with Gasteiger partial charge in [-0.3, -0.25) is 4.98 Å². The molecule has 1 heterocycles. The molecule has 54 valence electrons. The highest BCUT2D eigenvalue weighted by molar-refractivity contribution is 4.63. The SMILES string of the molecule is OCC(O)[n+]1ccncc1. The molecule has 4 heteroatoms. The largest absolute Gasteiger partial charge is 0.387 e. The van der Waals surface area contributed by atoms with Crippen LogP contribution in [-0.4, -0.2) is 21.8 Å². The summed E-state index contributed by atoms with van der Waals surface area (Å²) in [7, 11) is 0. The van der Waals surface area contributed by atoms with Crippen LogP contribution in [0.2, 0.25) is 0 Å². The topological polar surface area (TPSA) is 57.2 Å². The standard InChI is InChI=1S/C6H9N2O2/c9-5-6(10)8-3-1-7-2-4-8/h1-4,6,9-10H,5H2/q+1. The molecule has 4 nitrogen and oxygen atoms in total. The number of rotatable bonds is 2. The minimum atomic E-state index is -0.858. The molecular formula is C6H9N2O2+. The van der Waals surface area contributed by atoms with Gasteiger partial charge in [-0.2, -0.15) is 4.57 Å². The summed E-state index contributed by atoms with van der Waals surface area (Å²) < 4.78 is 1.47. The van der Waals surface area contributed by atoms with Gasteiger partial charge in [0.15, 0.2) is 12.4 Å². The van der Waals surface area contributed by atoms with E-state index in [0.717, 1.165) is 0 Å². The Morgan fingerprint density at radius 2 is 2.00 bits per heavy atom. The lowest BCUT2D eigenvalue weighted by Crippen LogP contribution is -2.40. The van der Waals surface area contributed by atoms with Gasteiger partial charge in [0.1, 0.15) is 6.61 Å². The van der Waals surface area contributed by atoms with E-state index >= 15 is 0 Å². The van der Waals surface area contributed by atoms with Gasteiger partial charge in [0, 0.05) is 0 Å². The van der Waals surface area contributed by atoms with Crippen molar-refractivity contribution in [2.24, 2.45) is 0 Å². The Kier molecular flexibility index (Phi) is 2.30. The number of hydrogen-bond acceptors (Lipinski definition) is 3. The summed E-state index contributed by atoms with van der Waals surface area (Å²) in [6, 6.07) is 0. The van der Waals surface area contributed by atoms with E-state index in [1.807, 2.05) is 0 Å². The van der Waals surface area contributed by atoms with Crippen molar-refractivity contribution in [1.82, 2.24) is 4.98 Å². The van der Waals surface area contributed by atoms with E-state index in [4.69, 9.17) is 10.2 Å². The quantitative estimate of drug-likeness (QED) is 0.511. The molecule has 0 amide bonds. The van der Waals surface area contributed by atoms with Crippen LogP contribution in [0.25, 0.3) is 0 Å². The second kappa shape index (κ2) is 3.24. The zero-order valence-electron chi connectivity index (χ0n) is 5.38. The zero-order chi connectivity index (χ0) is 7.40. The monoisotopic (exact) mass is 141 g/mol. The van der Waals surface area contributed by atoms with Crippen molar-refractivity contribution in [3.05, 3.63) is 24.8 Å². The second-order valence-corrected chi connectivity index (χ2v) is 1.86. The van der Waals surface area contributed by atoms with Crippen LogP contribution in [0.1, 0.15) is 6.23 Å². The first kappa shape index (κ1) is 7.11. The van der Waals surface area contributed by atoms with Crippen molar-refractivity contribution in [2.75, 3.05) is 6.61 Å². The molecule has 0 aliphatic rings. The smallest absolute Gasteiger partial charge is 0.283 e. The molecule has 1 rings (SSSR count). The Morgan fingerprint density at radius 1 is 1.40 bits per heavy atom. The molecule has 10 heavy (non-hydrogen) atoms. The summed E-state index contributed by atoms with van der Waals surface area (Å²) >= 11 is 0. The van der Waals surface area contributed by atoms with E-state index < -0.39 is 6.23 Å². The van der Waals surface area contributed by atoms with Gasteiger partial charge in [-0.25, -0.2) is 0 Å². The van der Waals surface area contributed by atoms with Crippen LogP contribution in [0, 0.1) is 0 Å². The minimum absolute atomic E-state index is 0.283. The third-order valence-electron chi connectivity index (χ3n) is 1.16. The van der Waals surface area contributed by atoms with E-state index in [9.17, 15) is 0 Å². The van der Waals surface area contributed by atoms with E-state index in [1.54, 1.807) is 24.8 Å². The summed E-state index contributed by atoms with van der Waals surface area (Å²) in [6.07, 6.45) is 5.39. The van der Waals surface area contributed by atoms with E-state index in [1.165, 1.54) is 4.57 Å². The molecule has 1 atom stereocenters. The van der Waals surface area contributed by atoms with E-state index in [0.29, 0.717) is 0 Å². The second-order valence-electron chi connectivity index (χ2n) is 1.86. The summed E-state index contributed by atoms with van der Waals surface area (Å²) in [6.45, 7) is -0.283. The van der Waals surface area contributed by atoms with E-state index in [-0.39, 0.29) is 6.61 Å². The molecule has 0 saturated heterocycles. The Bertz CT molecular complexity index is 190. The fourth-order valence-corrected chi connectivity index (χ4v) is 0.623. The van der Waals surface area contributed by atoms with Gasteiger partial charge in [0.2, 0.25) is 0 Å². The van der Waals surface area contributed by atoms with E-state index in [2.05, 4.69) is 4.98 Å². The maximum Gasteiger partial charge on any atom is 0.283 e. The predicted molar refractivity (Wildman–Crippen MR) is 32.8 cm³/mol. The molecular weight excluding hydrogens is 132 g/mol. The molecule has 0 saturated carbocycles.